The molecule has 0 radical (unpaired) electrons. The van der Waals surface area contributed by atoms with Crippen molar-refractivity contribution in [2.45, 2.75) is 13.8 Å². The maximum atomic E-state index is 11.9. The largest absolute Gasteiger partial charge is 0.423 e. The van der Waals surface area contributed by atoms with Gasteiger partial charge < -0.3 is 4.74 Å². The lowest BCUT2D eigenvalue weighted by molar-refractivity contribution is 0.0734. The molecular weight excluding hydrogens is 212 g/mol. The van der Waals surface area contributed by atoms with E-state index in [1.165, 1.54) is 0 Å². The number of aryl methyl sites for hydroxylation is 2. The molecule has 0 saturated carbocycles. The number of ether oxygens (including phenoxy) is 1. The molecule has 0 N–H and O–H groups in total. The van der Waals surface area contributed by atoms with Crippen LogP contribution in [0.5, 0.6) is 5.75 Å². The van der Waals surface area contributed by atoms with E-state index >= 15 is 0 Å². The molecule has 0 aliphatic heterocycles. The normalized spacial score (nSPS) is 10.0. The molecule has 0 bridgehead atoms. The molecule has 0 saturated heterocycles. The Morgan fingerprint density at radius 3 is 2.35 bits per heavy atom. The number of carbonyl (C=O) groups is 1. The Bertz CT molecular complexity index is 530. The van der Waals surface area contributed by atoms with Gasteiger partial charge in [0.15, 0.2) is 0 Å². The van der Waals surface area contributed by atoms with E-state index in [1.807, 2.05) is 44.2 Å². The molecule has 0 fully saturated rings. The average Bonchev–Trinajstić information content (AvgIpc) is 2.30. The molecule has 2 aromatic carbocycles. The van der Waals surface area contributed by atoms with Crippen molar-refractivity contribution in [1.29, 1.82) is 0 Å². The number of hydrogen-bond acceptors (Lipinski definition) is 2. The number of rotatable bonds is 2. The summed E-state index contributed by atoms with van der Waals surface area (Å²) in [4.78, 5) is 11.9. The van der Waals surface area contributed by atoms with Crippen LogP contribution in [0.2, 0.25) is 0 Å². The molecule has 0 spiro atoms. The third-order valence-corrected chi connectivity index (χ3v) is 2.56. The summed E-state index contributed by atoms with van der Waals surface area (Å²) in [6.45, 7) is 3.91. The Morgan fingerprint density at radius 2 is 1.71 bits per heavy atom. The molecule has 0 atom stereocenters. The fraction of sp³-hybridized carbons (Fsp3) is 0.133. The Balaban J connectivity index is 2.21. The third kappa shape index (κ3) is 2.72. The number of para-hydroxylation sites is 1. The van der Waals surface area contributed by atoms with Crippen LogP contribution in [0.1, 0.15) is 21.5 Å². The van der Waals surface area contributed by atoms with Crippen molar-refractivity contribution in [2.24, 2.45) is 0 Å². The maximum Gasteiger partial charge on any atom is 0.343 e. The van der Waals surface area contributed by atoms with E-state index in [1.54, 1.807) is 18.2 Å². The summed E-state index contributed by atoms with van der Waals surface area (Å²) in [7, 11) is 0. The lowest BCUT2D eigenvalue weighted by atomic mass is 10.1. The average molecular weight is 226 g/mol. The summed E-state index contributed by atoms with van der Waals surface area (Å²) < 4.78 is 5.28. The summed E-state index contributed by atoms with van der Waals surface area (Å²) >= 11 is 0. The SMILES string of the molecule is Cc1ccc(C(=O)Oc2ccccc2)c(C)c1. The lowest BCUT2D eigenvalue weighted by Gasteiger charge is -2.07. The number of benzene rings is 2. The first-order valence-corrected chi connectivity index (χ1v) is 5.51. The van der Waals surface area contributed by atoms with Crippen molar-refractivity contribution < 1.29 is 9.53 Å². The van der Waals surface area contributed by atoms with E-state index in [4.69, 9.17) is 4.74 Å². The molecule has 2 nitrogen and oxygen atoms in total. The Hall–Kier alpha value is -2.09. The predicted molar refractivity (Wildman–Crippen MR) is 67.3 cm³/mol. The van der Waals surface area contributed by atoms with E-state index in [0.717, 1.165) is 11.1 Å². The molecule has 0 aliphatic rings. The van der Waals surface area contributed by atoms with Crippen LogP contribution in [0.15, 0.2) is 48.5 Å². The van der Waals surface area contributed by atoms with Gasteiger partial charge >= 0.3 is 5.97 Å². The van der Waals surface area contributed by atoms with Gasteiger partial charge in [-0.15, -0.1) is 0 Å². The van der Waals surface area contributed by atoms with Crippen LogP contribution in [0.25, 0.3) is 0 Å². The first kappa shape index (κ1) is 11.4. The summed E-state index contributed by atoms with van der Waals surface area (Å²) in [5.74, 6) is 0.256. The van der Waals surface area contributed by atoms with Crippen LogP contribution >= 0.6 is 0 Å². The van der Waals surface area contributed by atoms with Gasteiger partial charge in [-0.2, -0.15) is 0 Å². The highest BCUT2D eigenvalue weighted by atomic mass is 16.5. The van der Waals surface area contributed by atoms with Crippen molar-refractivity contribution in [2.75, 3.05) is 0 Å². The second kappa shape index (κ2) is 4.83. The van der Waals surface area contributed by atoms with Crippen LogP contribution in [-0.2, 0) is 0 Å². The van der Waals surface area contributed by atoms with E-state index in [0.29, 0.717) is 11.3 Å². The zero-order valence-electron chi connectivity index (χ0n) is 9.94. The van der Waals surface area contributed by atoms with E-state index in [9.17, 15) is 4.79 Å². The highest BCUT2D eigenvalue weighted by Gasteiger charge is 2.10. The van der Waals surface area contributed by atoms with Crippen LogP contribution in [0.4, 0.5) is 0 Å². The molecule has 0 aromatic heterocycles. The third-order valence-electron chi connectivity index (χ3n) is 2.56. The van der Waals surface area contributed by atoms with Crippen LogP contribution < -0.4 is 4.74 Å². The molecule has 0 heterocycles. The predicted octanol–water partition coefficient (Wildman–Crippen LogP) is 3.52. The van der Waals surface area contributed by atoms with Gasteiger partial charge in [-0.1, -0.05) is 35.9 Å². The maximum absolute atomic E-state index is 11.9. The van der Waals surface area contributed by atoms with Crippen molar-refractivity contribution in [3.05, 3.63) is 65.2 Å². The zero-order valence-corrected chi connectivity index (χ0v) is 9.94. The molecular formula is C15H14O2. The van der Waals surface area contributed by atoms with Crippen molar-refractivity contribution in [3.8, 4) is 5.75 Å². The summed E-state index contributed by atoms with van der Waals surface area (Å²) in [6, 6.07) is 14.8. The minimum atomic E-state index is -0.311. The lowest BCUT2D eigenvalue weighted by Crippen LogP contribution is -2.10. The molecule has 0 amide bonds. The standard InChI is InChI=1S/C15H14O2/c1-11-8-9-14(12(2)10-11)15(16)17-13-6-4-3-5-7-13/h3-10H,1-2H3. The molecule has 0 aliphatic carbocycles. The minimum absolute atomic E-state index is 0.311. The molecule has 2 heteroatoms. The number of esters is 1. The van der Waals surface area contributed by atoms with Crippen molar-refractivity contribution in [1.82, 2.24) is 0 Å². The van der Waals surface area contributed by atoms with Gasteiger partial charge in [0.25, 0.3) is 0 Å². The molecule has 2 aromatic rings. The highest BCUT2D eigenvalue weighted by molar-refractivity contribution is 5.92. The molecule has 2 rings (SSSR count). The molecule has 86 valence electrons. The fourth-order valence-corrected chi connectivity index (χ4v) is 1.69. The van der Waals surface area contributed by atoms with Crippen LogP contribution in [-0.4, -0.2) is 5.97 Å². The summed E-state index contributed by atoms with van der Waals surface area (Å²) in [6.07, 6.45) is 0. The number of carbonyl (C=O) groups excluding carboxylic acids is 1. The van der Waals surface area contributed by atoms with Gasteiger partial charge in [-0.05, 0) is 37.6 Å². The van der Waals surface area contributed by atoms with Gasteiger partial charge in [-0.25, -0.2) is 4.79 Å². The topological polar surface area (TPSA) is 26.3 Å². The van der Waals surface area contributed by atoms with Crippen LogP contribution in [0.3, 0.4) is 0 Å². The Labute approximate surface area is 101 Å². The smallest absolute Gasteiger partial charge is 0.343 e. The zero-order chi connectivity index (χ0) is 12.3. The van der Waals surface area contributed by atoms with Gasteiger partial charge in [0.1, 0.15) is 5.75 Å². The van der Waals surface area contributed by atoms with E-state index in [2.05, 4.69) is 0 Å². The first-order valence-electron chi connectivity index (χ1n) is 5.51. The monoisotopic (exact) mass is 226 g/mol. The summed E-state index contributed by atoms with van der Waals surface area (Å²) in [5, 5.41) is 0. The van der Waals surface area contributed by atoms with Crippen LogP contribution in [0, 0.1) is 13.8 Å². The van der Waals surface area contributed by atoms with Gasteiger partial charge in [0.2, 0.25) is 0 Å². The first-order chi connectivity index (χ1) is 8.16. The highest BCUT2D eigenvalue weighted by Crippen LogP contribution is 2.15. The fourth-order valence-electron chi connectivity index (χ4n) is 1.69. The number of hydrogen-bond donors (Lipinski definition) is 0. The van der Waals surface area contributed by atoms with Crippen molar-refractivity contribution >= 4 is 5.97 Å². The quantitative estimate of drug-likeness (QED) is 0.578. The molecule has 17 heavy (non-hydrogen) atoms. The Morgan fingerprint density at radius 1 is 1.00 bits per heavy atom. The second-order valence-electron chi connectivity index (χ2n) is 4.02. The summed E-state index contributed by atoms with van der Waals surface area (Å²) in [5.41, 5.74) is 2.68. The van der Waals surface area contributed by atoms with E-state index < -0.39 is 0 Å². The van der Waals surface area contributed by atoms with E-state index in [-0.39, 0.29) is 5.97 Å². The van der Waals surface area contributed by atoms with Crippen molar-refractivity contribution in [3.63, 3.8) is 0 Å². The van der Waals surface area contributed by atoms with Gasteiger partial charge in [0, 0.05) is 0 Å². The Kier molecular flexibility index (Phi) is 3.24. The molecule has 0 unspecified atom stereocenters. The van der Waals surface area contributed by atoms with Gasteiger partial charge in [-0.3, -0.25) is 0 Å². The second-order valence-corrected chi connectivity index (χ2v) is 4.02. The minimum Gasteiger partial charge on any atom is -0.423 e. The van der Waals surface area contributed by atoms with Gasteiger partial charge in [0.05, 0.1) is 5.56 Å².